The first-order chi connectivity index (χ1) is 12.7. The Hall–Kier alpha value is -2.96. The molecule has 7 nitrogen and oxygen atoms in total. The number of imidazole rings is 1. The van der Waals surface area contributed by atoms with Crippen molar-refractivity contribution in [2.24, 2.45) is 7.05 Å². The Kier molecular flexibility index (Phi) is 3.41. The summed E-state index contributed by atoms with van der Waals surface area (Å²) in [5.74, 6) is 0. The summed E-state index contributed by atoms with van der Waals surface area (Å²) in [4.78, 5) is 22.4. The van der Waals surface area contributed by atoms with Crippen molar-refractivity contribution < 1.29 is 0 Å². The van der Waals surface area contributed by atoms with Crippen LogP contribution in [0.2, 0.25) is 0 Å². The summed E-state index contributed by atoms with van der Waals surface area (Å²) in [6.07, 6.45) is 9.18. The highest BCUT2D eigenvalue weighted by Gasteiger charge is 2.23. The highest BCUT2D eigenvalue weighted by atomic mass is 16.1. The Morgan fingerprint density at radius 3 is 2.77 bits per heavy atom. The van der Waals surface area contributed by atoms with E-state index in [4.69, 9.17) is 4.98 Å². The van der Waals surface area contributed by atoms with Crippen molar-refractivity contribution in [2.75, 3.05) is 0 Å². The minimum absolute atomic E-state index is 0.0231. The average molecular weight is 348 g/mol. The lowest BCUT2D eigenvalue weighted by Gasteiger charge is -2.23. The number of fused-ring (bicyclic) bond motifs is 3. The molecule has 0 spiro atoms. The zero-order chi connectivity index (χ0) is 17.7. The van der Waals surface area contributed by atoms with Crippen LogP contribution >= 0.6 is 0 Å². The van der Waals surface area contributed by atoms with Crippen molar-refractivity contribution in [3.05, 3.63) is 41.1 Å². The van der Waals surface area contributed by atoms with E-state index in [0.29, 0.717) is 0 Å². The minimum Gasteiger partial charge on any atom is -0.293 e. The van der Waals surface area contributed by atoms with Gasteiger partial charge in [0, 0.05) is 19.3 Å². The van der Waals surface area contributed by atoms with E-state index in [0.717, 1.165) is 46.3 Å². The van der Waals surface area contributed by atoms with E-state index in [1.807, 2.05) is 29.8 Å². The van der Waals surface area contributed by atoms with E-state index < -0.39 is 0 Å². The van der Waals surface area contributed by atoms with Crippen molar-refractivity contribution in [3.63, 3.8) is 0 Å². The second kappa shape index (κ2) is 5.79. The molecule has 1 aliphatic rings. The summed E-state index contributed by atoms with van der Waals surface area (Å²) >= 11 is 0. The van der Waals surface area contributed by atoms with Gasteiger partial charge in [-0.3, -0.25) is 19.2 Å². The van der Waals surface area contributed by atoms with Crippen molar-refractivity contribution in [2.45, 2.75) is 38.1 Å². The van der Waals surface area contributed by atoms with E-state index in [9.17, 15) is 4.79 Å². The molecule has 0 atom stereocenters. The molecule has 0 radical (unpaired) electrons. The van der Waals surface area contributed by atoms with Gasteiger partial charge in [0.2, 0.25) is 0 Å². The van der Waals surface area contributed by atoms with Gasteiger partial charge in [-0.05, 0) is 31.0 Å². The fourth-order valence-electron chi connectivity index (χ4n) is 4.11. The molecule has 7 heteroatoms. The van der Waals surface area contributed by atoms with E-state index in [2.05, 4.69) is 15.2 Å². The SMILES string of the molecule is Cn1c(=O)n(C2CCCCC2)c2c3nc(-c4ccn[nH]4)ccc3ncc21. The first-order valence-corrected chi connectivity index (χ1v) is 9.10. The Morgan fingerprint density at radius 1 is 1.15 bits per heavy atom. The first kappa shape index (κ1) is 15.3. The van der Waals surface area contributed by atoms with Crippen LogP contribution < -0.4 is 5.69 Å². The van der Waals surface area contributed by atoms with Gasteiger partial charge in [-0.15, -0.1) is 0 Å². The molecule has 0 unspecified atom stereocenters. The number of hydrogen-bond acceptors (Lipinski definition) is 4. The van der Waals surface area contributed by atoms with Crippen LogP contribution in [0.15, 0.2) is 35.4 Å². The molecule has 4 aromatic rings. The summed E-state index contributed by atoms with van der Waals surface area (Å²) in [5.41, 5.74) is 4.99. The standard InChI is InChI=1S/C19H20N6O/c1-24-16-11-20-15-8-7-13(14-9-10-21-23-14)22-17(15)18(16)25(19(24)26)12-5-3-2-4-6-12/h7-12H,2-6H2,1H3,(H,21,23). The molecule has 1 fully saturated rings. The molecule has 26 heavy (non-hydrogen) atoms. The lowest BCUT2D eigenvalue weighted by Crippen LogP contribution is -2.27. The second-order valence-corrected chi connectivity index (χ2v) is 7.03. The van der Waals surface area contributed by atoms with Crippen molar-refractivity contribution in [1.82, 2.24) is 29.3 Å². The Labute approximate surface area is 149 Å². The average Bonchev–Trinajstić information content (AvgIpc) is 3.30. The van der Waals surface area contributed by atoms with Crippen LogP contribution in [-0.2, 0) is 7.05 Å². The third-order valence-corrected chi connectivity index (χ3v) is 5.48. The Morgan fingerprint density at radius 2 is 2.00 bits per heavy atom. The van der Waals surface area contributed by atoms with Gasteiger partial charge in [-0.25, -0.2) is 9.78 Å². The van der Waals surface area contributed by atoms with Crippen molar-refractivity contribution in [3.8, 4) is 11.4 Å². The molecular formula is C19H20N6O. The summed E-state index contributed by atoms with van der Waals surface area (Å²) in [6.45, 7) is 0. The maximum atomic E-state index is 13.0. The number of H-pyrrole nitrogens is 1. The van der Waals surface area contributed by atoms with E-state index in [-0.39, 0.29) is 11.7 Å². The van der Waals surface area contributed by atoms with Crippen molar-refractivity contribution in [1.29, 1.82) is 0 Å². The molecule has 1 aliphatic carbocycles. The second-order valence-electron chi connectivity index (χ2n) is 7.03. The first-order valence-electron chi connectivity index (χ1n) is 9.10. The van der Waals surface area contributed by atoms with Crippen LogP contribution in [0.4, 0.5) is 0 Å². The van der Waals surface area contributed by atoms with E-state index in [1.54, 1.807) is 17.0 Å². The van der Waals surface area contributed by atoms with Crippen LogP contribution in [0, 0.1) is 0 Å². The van der Waals surface area contributed by atoms with E-state index >= 15 is 0 Å². The molecule has 1 N–H and O–H groups in total. The van der Waals surface area contributed by atoms with E-state index in [1.165, 1.54) is 19.3 Å². The fourth-order valence-corrected chi connectivity index (χ4v) is 4.11. The Balaban J connectivity index is 1.84. The Bertz CT molecular complexity index is 1150. The summed E-state index contributed by atoms with van der Waals surface area (Å²) in [7, 11) is 1.82. The van der Waals surface area contributed by atoms with Gasteiger partial charge in [0.1, 0.15) is 5.52 Å². The number of aromatic amines is 1. The molecule has 0 aromatic carbocycles. The number of nitrogens with zero attached hydrogens (tertiary/aromatic N) is 5. The van der Waals surface area contributed by atoms with Crippen molar-refractivity contribution >= 4 is 22.1 Å². The van der Waals surface area contributed by atoms with Gasteiger partial charge in [0.15, 0.2) is 0 Å². The summed E-state index contributed by atoms with van der Waals surface area (Å²) < 4.78 is 3.66. The maximum Gasteiger partial charge on any atom is 0.329 e. The van der Waals surface area contributed by atoms with Crippen LogP contribution in [0.1, 0.15) is 38.1 Å². The quantitative estimate of drug-likeness (QED) is 0.603. The van der Waals surface area contributed by atoms with Gasteiger partial charge in [0.25, 0.3) is 0 Å². The van der Waals surface area contributed by atoms with Crippen LogP contribution in [-0.4, -0.2) is 29.3 Å². The molecule has 0 saturated heterocycles. The minimum atomic E-state index is 0.0231. The predicted molar refractivity (Wildman–Crippen MR) is 100.0 cm³/mol. The monoisotopic (exact) mass is 348 g/mol. The third-order valence-electron chi connectivity index (χ3n) is 5.48. The molecule has 4 heterocycles. The number of hydrogen-bond donors (Lipinski definition) is 1. The molecular weight excluding hydrogens is 328 g/mol. The van der Waals surface area contributed by atoms with Crippen LogP contribution in [0.3, 0.4) is 0 Å². The number of nitrogens with one attached hydrogen (secondary N) is 1. The molecule has 132 valence electrons. The number of aryl methyl sites for hydroxylation is 1. The molecule has 0 aliphatic heterocycles. The summed E-state index contributed by atoms with van der Waals surface area (Å²) in [6, 6.07) is 6.02. The van der Waals surface area contributed by atoms with Gasteiger partial charge in [0.05, 0.1) is 34.1 Å². The van der Waals surface area contributed by atoms with Gasteiger partial charge < -0.3 is 0 Å². The number of aromatic nitrogens is 6. The van der Waals surface area contributed by atoms with Gasteiger partial charge in [-0.1, -0.05) is 19.3 Å². The lowest BCUT2D eigenvalue weighted by atomic mass is 9.95. The highest BCUT2D eigenvalue weighted by molar-refractivity contribution is 6.00. The van der Waals surface area contributed by atoms with Gasteiger partial charge >= 0.3 is 5.69 Å². The molecule has 5 rings (SSSR count). The summed E-state index contributed by atoms with van der Waals surface area (Å²) in [5, 5.41) is 6.96. The highest BCUT2D eigenvalue weighted by Crippen LogP contribution is 2.32. The fraction of sp³-hybridized carbons (Fsp3) is 0.368. The zero-order valence-corrected chi connectivity index (χ0v) is 14.6. The number of pyridine rings is 2. The maximum absolute atomic E-state index is 13.0. The zero-order valence-electron chi connectivity index (χ0n) is 14.6. The van der Waals surface area contributed by atoms with Gasteiger partial charge in [-0.2, -0.15) is 5.10 Å². The largest absolute Gasteiger partial charge is 0.329 e. The normalized spacial score (nSPS) is 15.9. The predicted octanol–water partition coefficient (Wildman–Crippen LogP) is 3.18. The molecule has 0 amide bonds. The molecule has 0 bridgehead atoms. The smallest absolute Gasteiger partial charge is 0.293 e. The topological polar surface area (TPSA) is 81.4 Å². The third kappa shape index (κ3) is 2.20. The molecule has 4 aromatic heterocycles. The van der Waals surface area contributed by atoms with Crippen LogP contribution in [0.25, 0.3) is 33.5 Å². The molecule has 1 saturated carbocycles. The number of rotatable bonds is 2. The lowest BCUT2D eigenvalue weighted by molar-refractivity contribution is 0.351. The van der Waals surface area contributed by atoms with Crippen LogP contribution in [0.5, 0.6) is 0 Å².